The van der Waals surface area contributed by atoms with Gasteiger partial charge < -0.3 is 5.32 Å². The van der Waals surface area contributed by atoms with Crippen molar-refractivity contribution in [2.24, 2.45) is 9.98 Å². The van der Waals surface area contributed by atoms with Crippen LogP contribution in [0.3, 0.4) is 0 Å². The van der Waals surface area contributed by atoms with Crippen molar-refractivity contribution in [2.45, 2.75) is 32.4 Å². The van der Waals surface area contributed by atoms with E-state index in [1.54, 1.807) is 0 Å². The van der Waals surface area contributed by atoms with Gasteiger partial charge in [-0.2, -0.15) is 0 Å². The number of nitrogens with zero attached hydrogens (tertiary/aromatic N) is 2. The van der Waals surface area contributed by atoms with Crippen LogP contribution in [0.15, 0.2) is 150 Å². The lowest BCUT2D eigenvalue weighted by atomic mass is 9.81. The molecule has 1 N–H and O–H groups in total. The first-order valence-electron chi connectivity index (χ1n) is 16.0. The molecule has 1 aliphatic heterocycles. The van der Waals surface area contributed by atoms with Crippen LogP contribution in [0.4, 0.5) is 0 Å². The Bertz CT molecular complexity index is 2200. The number of aryl methyl sites for hydroxylation is 1. The minimum Gasteiger partial charge on any atom is -0.344 e. The molecule has 4 heteroatoms. The van der Waals surface area contributed by atoms with Crippen LogP contribution in [-0.2, 0) is 5.41 Å². The number of benzene rings is 6. The highest BCUT2D eigenvalue weighted by atomic mass is 35.5. The number of halogens is 1. The molecule has 0 bridgehead atoms. The molecule has 1 atom stereocenters. The maximum absolute atomic E-state index is 6.85. The zero-order valence-electron chi connectivity index (χ0n) is 26.6. The number of hydrogen-bond acceptors (Lipinski definition) is 3. The fraction of sp³-hybridized carbons (Fsp3) is 0.116. The molecule has 0 saturated heterocycles. The summed E-state index contributed by atoms with van der Waals surface area (Å²) in [5.41, 5.74) is 14.0. The molecule has 0 amide bonds. The summed E-state index contributed by atoms with van der Waals surface area (Å²) in [6.07, 6.45) is -0.294. The maximum Gasteiger partial charge on any atom is 0.159 e. The average molecular weight is 628 g/mol. The highest BCUT2D eigenvalue weighted by Crippen LogP contribution is 2.50. The average Bonchev–Trinajstić information content (AvgIpc) is 3.33. The summed E-state index contributed by atoms with van der Waals surface area (Å²) < 4.78 is 0. The molecular weight excluding hydrogens is 594 g/mol. The lowest BCUT2D eigenvalue weighted by Gasteiger charge is -2.24. The third-order valence-electron chi connectivity index (χ3n) is 9.44. The smallest absolute Gasteiger partial charge is 0.159 e. The van der Waals surface area contributed by atoms with Gasteiger partial charge in [0.1, 0.15) is 12.0 Å². The summed E-state index contributed by atoms with van der Waals surface area (Å²) in [5, 5.41) is 4.27. The van der Waals surface area contributed by atoms with Crippen molar-refractivity contribution < 1.29 is 0 Å². The van der Waals surface area contributed by atoms with E-state index in [9.17, 15) is 0 Å². The van der Waals surface area contributed by atoms with E-state index in [4.69, 9.17) is 21.6 Å². The Morgan fingerprint density at radius 3 is 1.91 bits per heavy atom. The van der Waals surface area contributed by atoms with Crippen molar-refractivity contribution in [1.82, 2.24) is 5.32 Å². The molecule has 3 nitrogen and oxygen atoms in total. The summed E-state index contributed by atoms with van der Waals surface area (Å²) in [6.45, 7) is 6.81. The Balaban J connectivity index is 1.18. The quantitative estimate of drug-likeness (QED) is 0.203. The topological polar surface area (TPSA) is 36.8 Å². The first-order chi connectivity index (χ1) is 22.8. The molecule has 47 heavy (non-hydrogen) atoms. The van der Waals surface area contributed by atoms with E-state index < -0.39 is 0 Å². The fourth-order valence-corrected chi connectivity index (χ4v) is 7.13. The molecule has 0 radical (unpaired) electrons. The van der Waals surface area contributed by atoms with Crippen LogP contribution in [0.1, 0.15) is 53.4 Å². The van der Waals surface area contributed by atoms with E-state index in [0.717, 1.165) is 39.2 Å². The van der Waals surface area contributed by atoms with E-state index in [0.29, 0.717) is 10.9 Å². The highest BCUT2D eigenvalue weighted by molar-refractivity contribution is 6.31. The molecule has 1 heterocycles. The number of hydrogen-bond donors (Lipinski definition) is 1. The minimum atomic E-state index is -0.294. The van der Waals surface area contributed by atoms with Gasteiger partial charge >= 0.3 is 0 Å². The van der Waals surface area contributed by atoms with E-state index in [-0.39, 0.29) is 11.6 Å². The van der Waals surface area contributed by atoms with Gasteiger partial charge in [0.25, 0.3) is 0 Å². The monoisotopic (exact) mass is 627 g/mol. The van der Waals surface area contributed by atoms with E-state index in [2.05, 4.69) is 129 Å². The van der Waals surface area contributed by atoms with Gasteiger partial charge in [-0.25, -0.2) is 9.98 Å². The predicted octanol–water partition coefficient (Wildman–Crippen LogP) is 10.8. The molecule has 1 aliphatic carbocycles. The summed E-state index contributed by atoms with van der Waals surface area (Å²) in [6, 6.07) is 49.0. The van der Waals surface area contributed by atoms with Crippen molar-refractivity contribution in [3.8, 4) is 33.4 Å². The van der Waals surface area contributed by atoms with Crippen LogP contribution in [0.2, 0.25) is 5.02 Å². The van der Waals surface area contributed by atoms with Crippen molar-refractivity contribution in [2.75, 3.05) is 0 Å². The Labute approximate surface area is 281 Å². The van der Waals surface area contributed by atoms with Crippen LogP contribution in [-0.4, -0.2) is 11.7 Å². The summed E-state index contributed by atoms with van der Waals surface area (Å²) in [7, 11) is 0. The zero-order chi connectivity index (χ0) is 32.1. The van der Waals surface area contributed by atoms with Crippen molar-refractivity contribution in [3.63, 3.8) is 0 Å². The number of aliphatic imine (C=N–C) groups is 2. The van der Waals surface area contributed by atoms with Gasteiger partial charge in [-0.15, -0.1) is 0 Å². The number of rotatable bonds is 5. The molecule has 6 aromatic rings. The van der Waals surface area contributed by atoms with Crippen LogP contribution < -0.4 is 5.32 Å². The van der Waals surface area contributed by atoms with E-state index >= 15 is 0 Å². The Morgan fingerprint density at radius 2 is 1.17 bits per heavy atom. The van der Waals surface area contributed by atoms with Crippen LogP contribution >= 0.6 is 11.6 Å². The van der Waals surface area contributed by atoms with Crippen LogP contribution in [0.25, 0.3) is 33.4 Å². The first kappa shape index (κ1) is 29.2. The molecule has 0 aromatic heterocycles. The van der Waals surface area contributed by atoms with Gasteiger partial charge in [-0.3, -0.25) is 0 Å². The molecule has 1 unspecified atom stereocenters. The third-order valence-corrected chi connectivity index (χ3v) is 9.66. The zero-order valence-corrected chi connectivity index (χ0v) is 27.4. The molecule has 2 aliphatic rings. The number of amidine groups is 2. The highest BCUT2D eigenvalue weighted by Gasteiger charge is 2.35. The molecule has 228 valence electrons. The maximum atomic E-state index is 6.85. The predicted molar refractivity (Wildman–Crippen MR) is 196 cm³/mol. The normalized spacial score (nSPS) is 16.0. The van der Waals surface area contributed by atoms with Gasteiger partial charge in [-0.05, 0) is 81.3 Å². The largest absolute Gasteiger partial charge is 0.344 e. The summed E-state index contributed by atoms with van der Waals surface area (Å²) >= 11 is 6.85. The Hall–Kier alpha value is -5.25. The summed E-state index contributed by atoms with van der Waals surface area (Å²) in [5.74, 6) is 1.42. The molecule has 0 fully saturated rings. The second-order valence-electron chi connectivity index (χ2n) is 13.0. The van der Waals surface area contributed by atoms with Gasteiger partial charge in [-0.1, -0.05) is 146 Å². The lowest BCUT2D eigenvalue weighted by molar-refractivity contribution is 0.660. The van der Waals surface area contributed by atoms with E-state index in [1.165, 1.54) is 33.4 Å². The van der Waals surface area contributed by atoms with Crippen molar-refractivity contribution in [1.29, 1.82) is 0 Å². The first-order valence-corrected chi connectivity index (χ1v) is 16.4. The van der Waals surface area contributed by atoms with Gasteiger partial charge in [0, 0.05) is 21.6 Å². The van der Waals surface area contributed by atoms with Crippen molar-refractivity contribution in [3.05, 3.63) is 178 Å². The Morgan fingerprint density at radius 1 is 0.574 bits per heavy atom. The number of nitrogens with one attached hydrogen (secondary N) is 1. The second-order valence-corrected chi connectivity index (χ2v) is 13.4. The van der Waals surface area contributed by atoms with Crippen LogP contribution in [0, 0.1) is 6.92 Å². The van der Waals surface area contributed by atoms with Gasteiger partial charge in [0.2, 0.25) is 0 Å². The molecule has 8 rings (SSSR count). The molecular formula is C43H34ClN3. The van der Waals surface area contributed by atoms with Gasteiger partial charge in [0.05, 0.1) is 0 Å². The molecule has 0 saturated carbocycles. The minimum absolute atomic E-state index is 0.0898. The third kappa shape index (κ3) is 5.37. The fourth-order valence-electron chi connectivity index (χ4n) is 6.90. The van der Waals surface area contributed by atoms with E-state index in [1.807, 2.05) is 36.4 Å². The van der Waals surface area contributed by atoms with Crippen molar-refractivity contribution >= 4 is 23.3 Å². The SMILES string of the molecule is Cc1ccc2c(c1)C(C)(C)c1cc(-c3cc(Cl)cc(C4=NC(c5ccc(-c6ccccc6)cc5)=NC(c5ccccc5)N4)c3)ccc1-2. The second kappa shape index (κ2) is 11.5. The molecule has 0 spiro atoms. The molecule has 6 aromatic carbocycles. The van der Waals surface area contributed by atoms with Crippen LogP contribution in [0.5, 0.6) is 0 Å². The Kier molecular flexibility index (Phi) is 7.15. The summed E-state index contributed by atoms with van der Waals surface area (Å²) in [4.78, 5) is 10.2. The van der Waals surface area contributed by atoms with Gasteiger partial charge in [0.15, 0.2) is 5.84 Å². The standard InChI is InChI=1S/C43H34ClN3/c1-27-14-20-36-37-21-19-32(26-39(37)43(2,3)38(36)22-27)33-23-34(25-35(44)24-33)42-46-40(30-12-8-5-9-13-30)45-41(47-42)31-17-15-29(16-18-31)28-10-6-4-7-11-28/h4-26,40H,1-3H3,(H,45,46,47). The number of fused-ring (bicyclic) bond motifs is 3. The lowest BCUT2D eigenvalue weighted by Crippen LogP contribution is -2.33.